The summed E-state index contributed by atoms with van der Waals surface area (Å²) >= 11 is 0. The molecule has 154 valence electrons. The molecule has 29 heavy (non-hydrogen) atoms. The summed E-state index contributed by atoms with van der Waals surface area (Å²) in [6, 6.07) is 20.7. The number of aryl methyl sites for hydroxylation is 1. The van der Waals surface area contributed by atoms with E-state index in [1.165, 1.54) is 17.8 Å². The Bertz CT molecular complexity index is 1050. The predicted octanol–water partition coefficient (Wildman–Crippen LogP) is 3.10. The van der Waals surface area contributed by atoms with E-state index in [1.807, 2.05) is 48.6 Å². The first-order valence-corrected chi connectivity index (χ1v) is 10.5. The van der Waals surface area contributed by atoms with Crippen LogP contribution in [0.5, 0.6) is 0 Å². The Morgan fingerprint density at radius 3 is 2.31 bits per heavy atom. The van der Waals surface area contributed by atoms with Gasteiger partial charge < -0.3 is 4.55 Å². The standard InChI is InChI=1S/C19H20N3.C2H6O4S/c1-3-22-14-13-16(18-11-7-8-12-19(18)22)15-20-21(2)17-9-5-4-6-10-17;1-2-6-7(3,4)5/h4-15H,3H2,1-2H3;2H2,1H3,(H,3,4,5)/q+1;/p-1. The van der Waals surface area contributed by atoms with Crippen LogP contribution in [0.25, 0.3) is 10.9 Å². The van der Waals surface area contributed by atoms with Gasteiger partial charge in [-0.2, -0.15) is 9.67 Å². The minimum absolute atomic E-state index is 0.0914. The molecule has 3 aromatic rings. The number of nitrogens with zero attached hydrogens (tertiary/aromatic N) is 3. The zero-order valence-electron chi connectivity index (χ0n) is 16.7. The molecule has 1 aromatic heterocycles. The molecule has 7 nitrogen and oxygen atoms in total. The van der Waals surface area contributed by atoms with Gasteiger partial charge in [0.1, 0.15) is 6.54 Å². The minimum atomic E-state index is -4.42. The smallest absolute Gasteiger partial charge is 0.217 e. The Morgan fingerprint density at radius 2 is 1.72 bits per heavy atom. The number of benzene rings is 2. The van der Waals surface area contributed by atoms with Gasteiger partial charge in [0.25, 0.3) is 0 Å². The number of hydrogen-bond donors (Lipinski definition) is 0. The Hall–Kier alpha value is -2.81. The van der Waals surface area contributed by atoms with E-state index in [9.17, 15) is 13.0 Å². The molecular weight excluding hydrogens is 390 g/mol. The van der Waals surface area contributed by atoms with Crippen molar-refractivity contribution in [3.05, 3.63) is 72.4 Å². The van der Waals surface area contributed by atoms with E-state index in [-0.39, 0.29) is 6.61 Å². The lowest BCUT2D eigenvalue weighted by Gasteiger charge is -2.12. The van der Waals surface area contributed by atoms with Crippen molar-refractivity contribution in [1.29, 1.82) is 0 Å². The molecule has 0 radical (unpaired) electrons. The SMILES string of the molecule is CCOS(=O)(=O)[O-].CC[n+]1ccc(C=NN(C)c2ccccc2)c2ccccc21. The van der Waals surface area contributed by atoms with Crippen LogP contribution in [-0.4, -0.2) is 32.8 Å². The quantitative estimate of drug-likeness (QED) is 0.203. The van der Waals surface area contributed by atoms with Crippen LogP contribution in [0.4, 0.5) is 5.69 Å². The summed E-state index contributed by atoms with van der Waals surface area (Å²) in [6.45, 7) is 4.45. The summed E-state index contributed by atoms with van der Waals surface area (Å²) in [5.74, 6) is 0. The van der Waals surface area contributed by atoms with Crippen molar-refractivity contribution < 1.29 is 21.7 Å². The fraction of sp³-hybridized carbons (Fsp3) is 0.238. The van der Waals surface area contributed by atoms with Crippen molar-refractivity contribution in [2.24, 2.45) is 5.10 Å². The van der Waals surface area contributed by atoms with Crippen LogP contribution in [0.15, 0.2) is 72.0 Å². The van der Waals surface area contributed by atoms with Gasteiger partial charge in [0.05, 0.1) is 23.9 Å². The number of hydrazone groups is 1. The van der Waals surface area contributed by atoms with Crippen molar-refractivity contribution in [3.63, 3.8) is 0 Å². The molecular formula is C21H25N3O4S. The molecule has 0 N–H and O–H groups in total. The average molecular weight is 416 g/mol. The van der Waals surface area contributed by atoms with Crippen molar-refractivity contribution in [1.82, 2.24) is 0 Å². The molecule has 0 aliphatic rings. The van der Waals surface area contributed by atoms with Crippen molar-refractivity contribution in [2.75, 3.05) is 18.7 Å². The second kappa shape index (κ2) is 10.7. The van der Waals surface area contributed by atoms with Gasteiger partial charge in [0.2, 0.25) is 15.9 Å². The van der Waals surface area contributed by atoms with Gasteiger partial charge in [-0.15, -0.1) is 0 Å². The molecule has 1 heterocycles. The zero-order valence-corrected chi connectivity index (χ0v) is 17.5. The summed E-state index contributed by atoms with van der Waals surface area (Å²) in [5, 5.41) is 7.67. The second-order valence-electron chi connectivity index (χ2n) is 5.99. The van der Waals surface area contributed by atoms with Gasteiger partial charge in [0, 0.05) is 24.7 Å². The highest BCUT2D eigenvalue weighted by Crippen LogP contribution is 2.15. The number of aromatic nitrogens is 1. The molecule has 0 bridgehead atoms. The summed E-state index contributed by atoms with van der Waals surface area (Å²) < 4.78 is 34.2. The largest absolute Gasteiger partial charge is 0.726 e. The first-order chi connectivity index (χ1) is 13.9. The topological polar surface area (TPSA) is 85.9 Å². The van der Waals surface area contributed by atoms with Crippen LogP contribution in [-0.2, 0) is 21.1 Å². The van der Waals surface area contributed by atoms with Crippen molar-refractivity contribution >= 4 is 33.2 Å². The van der Waals surface area contributed by atoms with Crippen molar-refractivity contribution in [2.45, 2.75) is 20.4 Å². The molecule has 0 aliphatic heterocycles. The molecule has 8 heteroatoms. The normalized spacial score (nSPS) is 11.3. The molecule has 2 aromatic carbocycles. The molecule has 0 saturated carbocycles. The Kier molecular flexibility index (Phi) is 8.26. The molecule has 0 atom stereocenters. The van der Waals surface area contributed by atoms with Crippen LogP contribution in [0.3, 0.4) is 0 Å². The van der Waals surface area contributed by atoms with Gasteiger partial charge in [-0.05, 0) is 32.0 Å². The predicted molar refractivity (Wildman–Crippen MR) is 114 cm³/mol. The lowest BCUT2D eigenvalue weighted by Crippen LogP contribution is -2.32. The number of anilines is 1. The van der Waals surface area contributed by atoms with Gasteiger partial charge in [-0.25, -0.2) is 8.42 Å². The highest BCUT2D eigenvalue weighted by Gasteiger charge is 2.09. The first-order valence-electron chi connectivity index (χ1n) is 9.20. The molecule has 0 unspecified atom stereocenters. The number of rotatable bonds is 6. The zero-order chi connectivity index (χ0) is 21.3. The van der Waals surface area contributed by atoms with Crippen LogP contribution in [0, 0.1) is 0 Å². The number of pyridine rings is 1. The number of hydrogen-bond acceptors (Lipinski definition) is 6. The van der Waals surface area contributed by atoms with E-state index in [1.54, 1.807) is 0 Å². The fourth-order valence-corrected chi connectivity index (χ4v) is 2.99. The van der Waals surface area contributed by atoms with E-state index >= 15 is 0 Å². The van der Waals surface area contributed by atoms with Gasteiger partial charge >= 0.3 is 0 Å². The third-order valence-corrected chi connectivity index (χ3v) is 4.59. The molecule has 0 fully saturated rings. The third-order valence-electron chi connectivity index (χ3n) is 4.06. The molecule has 0 aliphatic carbocycles. The molecule has 0 saturated heterocycles. The van der Waals surface area contributed by atoms with E-state index in [0.717, 1.165) is 17.8 Å². The molecule has 0 spiro atoms. The lowest BCUT2D eigenvalue weighted by atomic mass is 10.1. The highest BCUT2D eigenvalue weighted by molar-refractivity contribution is 7.80. The molecule has 0 amide bonds. The Labute approximate surface area is 171 Å². The third kappa shape index (κ3) is 6.94. The van der Waals surface area contributed by atoms with E-state index in [2.05, 4.69) is 57.3 Å². The molecule has 3 rings (SSSR count). The maximum Gasteiger partial charge on any atom is 0.217 e. The van der Waals surface area contributed by atoms with Crippen LogP contribution < -0.4 is 9.58 Å². The first kappa shape index (κ1) is 22.5. The minimum Gasteiger partial charge on any atom is -0.726 e. The van der Waals surface area contributed by atoms with Crippen molar-refractivity contribution in [3.8, 4) is 0 Å². The van der Waals surface area contributed by atoms with Gasteiger partial charge in [-0.1, -0.05) is 30.3 Å². The monoisotopic (exact) mass is 415 g/mol. The fourth-order valence-electron chi connectivity index (χ4n) is 2.70. The lowest BCUT2D eigenvalue weighted by molar-refractivity contribution is -0.667. The summed E-state index contributed by atoms with van der Waals surface area (Å²) in [5.41, 5.74) is 3.43. The highest BCUT2D eigenvalue weighted by atomic mass is 32.3. The number of fused-ring (bicyclic) bond motifs is 1. The van der Waals surface area contributed by atoms with E-state index in [4.69, 9.17) is 0 Å². The summed E-state index contributed by atoms with van der Waals surface area (Å²) in [4.78, 5) is 0. The number of para-hydroxylation sites is 2. The van der Waals surface area contributed by atoms with E-state index in [0.29, 0.717) is 0 Å². The summed E-state index contributed by atoms with van der Waals surface area (Å²) in [6.07, 6.45) is 4.04. The Balaban J connectivity index is 0.000000370. The van der Waals surface area contributed by atoms with Crippen LogP contribution >= 0.6 is 0 Å². The maximum atomic E-state index is 9.45. The maximum absolute atomic E-state index is 9.45. The van der Waals surface area contributed by atoms with Crippen LogP contribution in [0.1, 0.15) is 19.4 Å². The summed E-state index contributed by atoms with van der Waals surface area (Å²) in [7, 11) is -2.46. The van der Waals surface area contributed by atoms with Gasteiger partial charge in [-0.3, -0.25) is 9.19 Å². The second-order valence-corrected chi connectivity index (χ2v) is 7.04. The Morgan fingerprint density at radius 1 is 1.07 bits per heavy atom. The average Bonchev–Trinajstić information content (AvgIpc) is 2.72. The van der Waals surface area contributed by atoms with E-state index < -0.39 is 10.4 Å². The van der Waals surface area contributed by atoms with Crippen LogP contribution in [0.2, 0.25) is 0 Å². The van der Waals surface area contributed by atoms with Gasteiger partial charge in [0.15, 0.2) is 6.20 Å².